The number of hydrogen-bond acceptors (Lipinski definition) is 3. The van der Waals surface area contributed by atoms with Gasteiger partial charge < -0.3 is 14.5 Å². The average molecular weight is 272 g/mol. The number of methoxy groups -OCH3 is 1. The van der Waals surface area contributed by atoms with Gasteiger partial charge in [0, 0.05) is 26.7 Å². The monoisotopic (exact) mass is 272 g/mol. The van der Waals surface area contributed by atoms with Crippen molar-refractivity contribution in [2.75, 3.05) is 39.8 Å². The molecule has 0 atom stereocenters. The molecule has 0 fully saturated rings. The summed E-state index contributed by atoms with van der Waals surface area (Å²) < 4.78 is 5.32. The summed E-state index contributed by atoms with van der Waals surface area (Å²) in [4.78, 5) is 16.8. The molecule has 0 saturated carbocycles. The van der Waals surface area contributed by atoms with Gasteiger partial charge in [-0.05, 0) is 32.9 Å². The molecule has 0 aliphatic rings. The Morgan fingerprint density at radius 3 is 2.05 bits per heavy atom. The van der Waals surface area contributed by atoms with Crippen LogP contribution in [0.4, 0.5) is 0 Å². The number of carbonyl (C=O) groups is 1. The molecule has 0 bridgehead atoms. The van der Waals surface area contributed by atoms with Crippen molar-refractivity contribution < 1.29 is 9.53 Å². The smallest absolute Gasteiger partial charge is 0.254 e. The quantitative estimate of drug-likeness (QED) is 0.645. The van der Waals surface area contributed by atoms with Crippen molar-refractivity contribution in [1.82, 2.24) is 9.80 Å². The molecule has 4 nitrogen and oxygen atoms in total. The normalized spacial score (nSPS) is 12.3. The molecule has 0 rings (SSSR count). The van der Waals surface area contributed by atoms with E-state index in [0.29, 0.717) is 5.92 Å². The zero-order valence-corrected chi connectivity index (χ0v) is 13.8. The highest BCUT2D eigenvalue weighted by Crippen LogP contribution is 2.14. The molecule has 0 unspecified atom stereocenters. The van der Waals surface area contributed by atoms with Crippen molar-refractivity contribution in [3.8, 4) is 0 Å². The van der Waals surface area contributed by atoms with Gasteiger partial charge in [0.05, 0.1) is 0 Å². The zero-order chi connectivity index (χ0) is 15.1. The van der Waals surface area contributed by atoms with Gasteiger partial charge in [-0.25, -0.2) is 0 Å². The maximum atomic E-state index is 12.5. The predicted molar refractivity (Wildman–Crippen MR) is 80.3 cm³/mol. The number of carbonyl (C=O) groups excluding carboxylic acids is 1. The second kappa shape index (κ2) is 8.54. The lowest BCUT2D eigenvalue weighted by Crippen LogP contribution is -2.50. The lowest BCUT2D eigenvalue weighted by atomic mass is 10.1. The number of rotatable bonds is 9. The Bertz CT molecular complexity index is 261. The minimum absolute atomic E-state index is 0.0795. The van der Waals surface area contributed by atoms with Crippen LogP contribution in [0.25, 0.3) is 0 Å². The lowest BCUT2D eigenvalue weighted by molar-refractivity contribution is -0.151. The number of nitrogens with zero attached hydrogens (tertiary/aromatic N) is 2. The van der Waals surface area contributed by atoms with Gasteiger partial charge in [-0.15, -0.1) is 0 Å². The zero-order valence-electron chi connectivity index (χ0n) is 13.8. The maximum Gasteiger partial charge on any atom is 0.254 e. The molecule has 0 spiro atoms. The maximum absolute atomic E-state index is 12.5. The summed E-state index contributed by atoms with van der Waals surface area (Å²) in [5.41, 5.74) is -0.738. The molecule has 114 valence electrons. The fourth-order valence-electron chi connectivity index (χ4n) is 1.99. The number of amides is 1. The minimum Gasteiger partial charge on any atom is -0.369 e. The van der Waals surface area contributed by atoms with E-state index in [0.717, 1.165) is 32.7 Å². The second-order valence-corrected chi connectivity index (χ2v) is 5.89. The number of likely N-dealkylation sites (N-methyl/N-ethyl adjacent to an activating group) is 1. The number of ether oxygens (including phenoxy) is 1. The van der Waals surface area contributed by atoms with Crippen LogP contribution in [0.3, 0.4) is 0 Å². The van der Waals surface area contributed by atoms with Gasteiger partial charge in [0.15, 0.2) is 0 Å². The van der Waals surface area contributed by atoms with Crippen LogP contribution < -0.4 is 0 Å². The van der Waals surface area contributed by atoms with Crippen molar-refractivity contribution in [1.29, 1.82) is 0 Å². The Labute approximate surface area is 119 Å². The lowest BCUT2D eigenvalue weighted by Gasteiger charge is -2.33. The first-order valence-corrected chi connectivity index (χ1v) is 7.35. The minimum atomic E-state index is -0.738. The molecule has 0 aromatic heterocycles. The summed E-state index contributed by atoms with van der Waals surface area (Å²) in [6.07, 6.45) is 0. The molecule has 0 aromatic carbocycles. The van der Waals surface area contributed by atoms with E-state index < -0.39 is 5.60 Å². The van der Waals surface area contributed by atoms with Gasteiger partial charge in [-0.1, -0.05) is 27.7 Å². The molecule has 0 heterocycles. The third kappa shape index (κ3) is 6.39. The van der Waals surface area contributed by atoms with E-state index in [4.69, 9.17) is 4.74 Å². The van der Waals surface area contributed by atoms with Crippen molar-refractivity contribution in [3.63, 3.8) is 0 Å². The Morgan fingerprint density at radius 1 is 1.16 bits per heavy atom. The van der Waals surface area contributed by atoms with Crippen LogP contribution in [0.5, 0.6) is 0 Å². The van der Waals surface area contributed by atoms with E-state index >= 15 is 0 Å². The van der Waals surface area contributed by atoms with Crippen LogP contribution in [0.1, 0.15) is 41.5 Å². The largest absolute Gasteiger partial charge is 0.369 e. The molecular weight excluding hydrogens is 240 g/mol. The number of hydrogen-bond donors (Lipinski definition) is 0. The van der Waals surface area contributed by atoms with E-state index in [2.05, 4.69) is 32.6 Å². The van der Waals surface area contributed by atoms with E-state index in [-0.39, 0.29) is 5.91 Å². The SMILES string of the molecule is CCN(CC)CCN(CC(C)C)C(=O)C(C)(C)OC. The second-order valence-electron chi connectivity index (χ2n) is 5.89. The summed E-state index contributed by atoms with van der Waals surface area (Å²) >= 11 is 0. The molecular formula is C15H32N2O2. The highest BCUT2D eigenvalue weighted by Gasteiger charge is 2.32. The van der Waals surface area contributed by atoms with E-state index in [9.17, 15) is 4.79 Å². The van der Waals surface area contributed by atoms with Crippen molar-refractivity contribution in [2.45, 2.75) is 47.1 Å². The van der Waals surface area contributed by atoms with Gasteiger partial charge in [0.1, 0.15) is 5.60 Å². The predicted octanol–water partition coefficient (Wildman–Crippen LogP) is 2.24. The van der Waals surface area contributed by atoms with E-state index in [1.165, 1.54) is 0 Å². The molecule has 4 heteroatoms. The summed E-state index contributed by atoms with van der Waals surface area (Å²) in [6.45, 7) is 16.8. The summed E-state index contributed by atoms with van der Waals surface area (Å²) in [5.74, 6) is 0.546. The first-order chi connectivity index (χ1) is 8.78. The molecule has 1 amide bonds. The van der Waals surface area contributed by atoms with Gasteiger partial charge in [-0.2, -0.15) is 0 Å². The van der Waals surface area contributed by atoms with E-state index in [1.807, 2.05) is 18.7 Å². The van der Waals surface area contributed by atoms with Crippen LogP contribution >= 0.6 is 0 Å². The highest BCUT2D eigenvalue weighted by atomic mass is 16.5. The highest BCUT2D eigenvalue weighted by molar-refractivity contribution is 5.84. The van der Waals surface area contributed by atoms with E-state index in [1.54, 1.807) is 7.11 Å². The molecule has 19 heavy (non-hydrogen) atoms. The van der Waals surface area contributed by atoms with Crippen molar-refractivity contribution in [3.05, 3.63) is 0 Å². The molecule has 0 saturated heterocycles. The molecule has 0 aromatic rings. The standard InChI is InChI=1S/C15H32N2O2/c1-8-16(9-2)10-11-17(12-13(3)4)14(18)15(5,6)19-7/h13H,8-12H2,1-7H3. The van der Waals surface area contributed by atoms with Crippen molar-refractivity contribution >= 4 is 5.91 Å². The van der Waals surface area contributed by atoms with Crippen LogP contribution in [-0.4, -0.2) is 61.1 Å². The first-order valence-electron chi connectivity index (χ1n) is 7.35. The van der Waals surface area contributed by atoms with Crippen LogP contribution in [0, 0.1) is 5.92 Å². The Kier molecular flexibility index (Phi) is 8.26. The first kappa shape index (κ1) is 18.4. The van der Waals surface area contributed by atoms with Crippen LogP contribution in [0.15, 0.2) is 0 Å². The molecule has 0 N–H and O–H groups in total. The third-order valence-corrected chi connectivity index (χ3v) is 3.48. The molecule has 0 radical (unpaired) electrons. The average Bonchev–Trinajstić information content (AvgIpc) is 2.37. The topological polar surface area (TPSA) is 32.8 Å². The van der Waals surface area contributed by atoms with Gasteiger partial charge in [0.25, 0.3) is 5.91 Å². The van der Waals surface area contributed by atoms with Gasteiger partial charge in [0.2, 0.25) is 0 Å². The Morgan fingerprint density at radius 2 is 1.68 bits per heavy atom. The van der Waals surface area contributed by atoms with Gasteiger partial charge in [-0.3, -0.25) is 4.79 Å². The third-order valence-electron chi connectivity index (χ3n) is 3.48. The fourth-order valence-corrected chi connectivity index (χ4v) is 1.99. The summed E-state index contributed by atoms with van der Waals surface area (Å²) in [5, 5.41) is 0. The van der Waals surface area contributed by atoms with Crippen molar-refractivity contribution in [2.24, 2.45) is 5.92 Å². The van der Waals surface area contributed by atoms with Crippen LogP contribution in [-0.2, 0) is 9.53 Å². The Balaban J connectivity index is 4.67. The fraction of sp³-hybridized carbons (Fsp3) is 0.933. The summed E-state index contributed by atoms with van der Waals surface area (Å²) in [6, 6.07) is 0. The van der Waals surface area contributed by atoms with Crippen LogP contribution in [0.2, 0.25) is 0 Å². The Hall–Kier alpha value is -0.610. The molecule has 0 aliphatic heterocycles. The van der Waals surface area contributed by atoms with Gasteiger partial charge >= 0.3 is 0 Å². The summed E-state index contributed by atoms with van der Waals surface area (Å²) in [7, 11) is 1.59. The molecule has 0 aliphatic carbocycles.